The summed E-state index contributed by atoms with van der Waals surface area (Å²) in [5.41, 5.74) is 0.782. The fourth-order valence-electron chi connectivity index (χ4n) is 2.27. The van der Waals surface area contributed by atoms with Crippen molar-refractivity contribution in [1.29, 1.82) is 0 Å². The van der Waals surface area contributed by atoms with Gasteiger partial charge in [-0.15, -0.1) is 0 Å². The highest BCUT2D eigenvalue weighted by Gasteiger charge is 2.45. The van der Waals surface area contributed by atoms with Gasteiger partial charge < -0.3 is 4.74 Å². The summed E-state index contributed by atoms with van der Waals surface area (Å²) in [7, 11) is 0. The molecule has 0 spiro atoms. The highest BCUT2D eigenvalue weighted by molar-refractivity contribution is 6.18. The van der Waals surface area contributed by atoms with Crippen LogP contribution in [0, 0.1) is 5.92 Å². The molecule has 2 atom stereocenters. The number of hydrogen-bond donors (Lipinski definition) is 0. The largest absolute Gasteiger partial charge is 0.478 e. The normalized spacial score (nSPS) is 25.8. The molecule has 17 heavy (non-hydrogen) atoms. The molecule has 3 rings (SSSR count). The molecule has 0 amide bonds. The van der Waals surface area contributed by atoms with Crippen LogP contribution in [0.2, 0.25) is 0 Å². The predicted octanol–water partition coefficient (Wildman–Crippen LogP) is 1.16. The summed E-state index contributed by atoms with van der Waals surface area (Å²) in [6.45, 7) is 0. The fraction of sp³-hybridized carbons (Fsp3) is 0.154. The van der Waals surface area contributed by atoms with E-state index >= 15 is 0 Å². The fourth-order valence-corrected chi connectivity index (χ4v) is 2.27. The zero-order valence-electron chi connectivity index (χ0n) is 8.75. The van der Waals surface area contributed by atoms with Crippen LogP contribution in [0.25, 0.3) is 0 Å². The lowest BCUT2D eigenvalue weighted by atomic mass is 9.80. The van der Waals surface area contributed by atoms with Crippen molar-refractivity contribution in [3.63, 3.8) is 0 Å². The monoisotopic (exact) mass is 228 g/mol. The molecule has 0 saturated carbocycles. The number of allylic oxidation sites excluding steroid dienone is 1. The van der Waals surface area contributed by atoms with Crippen molar-refractivity contribution in [2.45, 2.75) is 6.10 Å². The first kappa shape index (κ1) is 9.96. The summed E-state index contributed by atoms with van der Waals surface area (Å²) < 4.78 is 5.18. The van der Waals surface area contributed by atoms with Gasteiger partial charge >= 0.3 is 0 Å². The third kappa shape index (κ3) is 1.27. The maximum atomic E-state index is 12.1. The number of rotatable bonds is 1. The summed E-state index contributed by atoms with van der Waals surface area (Å²) in [4.78, 5) is 34.8. The highest BCUT2D eigenvalue weighted by Crippen LogP contribution is 2.34. The molecule has 4 nitrogen and oxygen atoms in total. The molecule has 1 aromatic carbocycles. The molecule has 4 heteroatoms. The second-order valence-electron chi connectivity index (χ2n) is 4.03. The van der Waals surface area contributed by atoms with E-state index in [1.54, 1.807) is 24.3 Å². The summed E-state index contributed by atoms with van der Waals surface area (Å²) in [5, 5.41) is 0. The molecule has 0 N–H and O–H groups in total. The Morgan fingerprint density at radius 2 is 1.71 bits per heavy atom. The number of carbonyl (C=O) groups is 3. The van der Waals surface area contributed by atoms with E-state index < -0.39 is 12.0 Å². The molecule has 0 fully saturated rings. The van der Waals surface area contributed by atoms with Crippen molar-refractivity contribution >= 4 is 17.9 Å². The summed E-state index contributed by atoms with van der Waals surface area (Å²) in [6, 6.07) is 6.64. The second-order valence-corrected chi connectivity index (χ2v) is 4.03. The van der Waals surface area contributed by atoms with Crippen LogP contribution in [0.15, 0.2) is 36.1 Å². The van der Waals surface area contributed by atoms with Crippen molar-refractivity contribution in [2.75, 3.05) is 0 Å². The van der Waals surface area contributed by atoms with Crippen LogP contribution in [0.4, 0.5) is 0 Å². The van der Waals surface area contributed by atoms with E-state index in [2.05, 4.69) is 0 Å². The van der Waals surface area contributed by atoms with Gasteiger partial charge in [0.05, 0.1) is 5.92 Å². The molecule has 0 unspecified atom stereocenters. The SMILES string of the molecule is O=CC1=C[C@@H]2C(=O)c3ccccc3C(=O)[C@H]2O1. The number of ketones is 2. The number of aldehydes is 1. The second kappa shape index (κ2) is 3.38. The minimum atomic E-state index is -0.863. The van der Waals surface area contributed by atoms with E-state index in [1.807, 2.05) is 0 Å². The first-order valence-electron chi connectivity index (χ1n) is 5.23. The molecule has 1 heterocycles. The lowest BCUT2D eigenvalue weighted by Gasteiger charge is -2.23. The number of ether oxygens (including phenoxy) is 1. The van der Waals surface area contributed by atoms with Gasteiger partial charge in [-0.05, 0) is 6.08 Å². The number of carbonyl (C=O) groups excluding carboxylic acids is 3. The molecule has 1 aliphatic heterocycles. The van der Waals surface area contributed by atoms with E-state index in [0.717, 1.165) is 0 Å². The van der Waals surface area contributed by atoms with Crippen LogP contribution in [-0.4, -0.2) is 24.0 Å². The highest BCUT2D eigenvalue weighted by atomic mass is 16.5. The number of Topliss-reactive ketones (excluding diaryl/α,β-unsaturated/α-hetero) is 2. The van der Waals surface area contributed by atoms with Crippen molar-refractivity contribution in [3.05, 3.63) is 47.2 Å². The van der Waals surface area contributed by atoms with E-state index in [9.17, 15) is 14.4 Å². The molecule has 1 aliphatic carbocycles. The van der Waals surface area contributed by atoms with E-state index in [1.165, 1.54) is 6.08 Å². The van der Waals surface area contributed by atoms with Crippen LogP contribution in [0.5, 0.6) is 0 Å². The number of fused-ring (bicyclic) bond motifs is 2. The van der Waals surface area contributed by atoms with Gasteiger partial charge in [0.15, 0.2) is 23.9 Å². The van der Waals surface area contributed by atoms with Crippen molar-refractivity contribution in [2.24, 2.45) is 5.92 Å². The Morgan fingerprint density at radius 3 is 2.35 bits per heavy atom. The molecule has 0 bridgehead atoms. The Hall–Kier alpha value is -2.23. The lowest BCUT2D eigenvalue weighted by Crippen LogP contribution is -2.38. The molecular formula is C13H8O4. The molecule has 0 aromatic heterocycles. The van der Waals surface area contributed by atoms with Gasteiger partial charge in [0, 0.05) is 11.1 Å². The van der Waals surface area contributed by atoms with Crippen LogP contribution < -0.4 is 0 Å². The Kier molecular flexibility index (Phi) is 1.98. The Labute approximate surface area is 96.9 Å². The maximum Gasteiger partial charge on any atom is 0.205 e. The summed E-state index contributed by atoms with van der Waals surface area (Å²) in [5.74, 6) is -0.993. The standard InChI is InChI=1S/C13H8O4/c14-6-7-5-10-11(15)8-3-1-2-4-9(8)12(16)13(10)17-7/h1-6,10,13H/t10-,13+/m1/s1. The summed E-state index contributed by atoms with van der Waals surface area (Å²) >= 11 is 0. The minimum absolute atomic E-state index is 0.0644. The minimum Gasteiger partial charge on any atom is -0.478 e. The van der Waals surface area contributed by atoms with Gasteiger partial charge in [-0.3, -0.25) is 14.4 Å². The van der Waals surface area contributed by atoms with Gasteiger partial charge in [0.2, 0.25) is 5.78 Å². The molecule has 1 aromatic rings. The van der Waals surface area contributed by atoms with Crippen molar-refractivity contribution in [3.8, 4) is 0 Å². The Morgan fingerprint density at radius 1 is 1.06 bits per heavy atom. The van der Waals surface area contributed by atoms with Crippen LogP contribution in [0.3, 0.4) is 0 Å². The van der Waals surface area contributed by atoms with Crippen LogP contribution in [0.1, 0.15) is 20.7 Å². The third-order valence-electron chi connectivity index (χ3n) is 3.07. The van der Waals surface area contributed by atoms with Crippen LogP contribution >= 0.6 is 0 Å². The zero-order chi connectivity index (χ0) is 12.0. The predicted molar refractivity (Wildman–Crippen MR) is 57.6 cm³/mol. The average molecular weight is 228 g/mol. The van der Waals surface area contributed by atoms with Gasteiger partial charge in [0.25, 0.3) is 0 Å². The lowest BCUT2D eigenvalue weighted by molar-refractivity contribution is -0.107. The summed E-state index contributed by atoms with van der Waals surface area (Å²) in [6.07, 6.45) is 1.08. The van der Waals surface area contributed by atoms with E-state index in [4.69, 9.17) is 4.74 Å². The average Bonchev–Trinajstić information content (AvgIpc) is 2.80. The smallest absolute Gasteiger partial charge is 0.205 e. The number of benzene rings is 1. The molecular weight excluding hydrogens is 220 g/mol. The van der Waals surface area contributed by atoms with Crippen LogP contribution in [-0.2, 0) is 9.53 Å². The Bertz CT molecular complexity index is 571. The first-order chi connectivity index (χ1) is 8.22. The van der Waals surface area contributed by atoms with Gasteiger partial charge in [-0.25, -0.2) is 0 Å². The molecule has 84 valence electrons. The molecule has 0 radical (unpaired) electrons. The van der Waals surface area contributed by atoms with Crippen molar-refractivity contribution in [1.82, 2.24) is 0 Å². The van der Waals surface area contributed by atoms with Crippen molar-refractivity contribution < 1.29 is 19.1 Å². The van der Waals surface area contributed by atoms with Gasteiger partial charge in [0.1, 0.15) is 0 Å². The number of hydrogen-bond acceptors (Lipinski definition) is 4. The van der Waals surface area contributed by atoms with E-state index in [0.29, 0.717) is 17.4 Å². The zero-order valence-corrected chi connectivity index (χ0v) is 8.75. The topological polar surface area (TPSA) is 60.4 Å². The molecule has 2 aliphatic rings. The Balaban J connectivity index is 2.14. The first-order valence-corrected chi connectivity index (χ1v) is 5.23. The van der Waals surface area contributed by atoms with Gasteiger partial charge in [-0.2, -0.15) is 0 Å². The third-order valence-corrected chi connectivity index (χ3v) is 3.07. The maximum absolute atomic E-state index is 12.1. The molecule has 0 saturated heterocycles. The quantitative estimate of drug-likeness (QED) is 0.677. The van der Waals surface area contributed by atoms with E-state index in [-0.39, 0.29) is 17.3 Å². The van der Waals surface area contributed by atoms with Gasteiger partial charge in [-0.1, -0.05) is 24.3 Å².